The van der Waals surface area contributed by atoms with E-state index in [0.717, 1.165) is 18.2 Å². The maximum Gasteiger partial charge on any atom is 0.264 e. The van der Waals surface area contributed by atoms with E-state index in [4.69, 9.17) is 15.1 Å². The molecule has 0 aliphatic rings. The van der Waals surface area contributed by atoms with Gasteiger partial charge in [0.1, 0.15) is 5.75 Å². The van der Waals surface area contributed by atoms with Gasteiger partial charge in [-0.3, -0.25) is 4.79 Å². The average Bonchev–Trinajstić information content (AvgIpc) is 2.77. The number of carbonyl (C=O) groups excluding carboxylic acids is 1. The monoisotopic (exact) mass is 503 g/mol. The largest absolute Gasteiger partial charge is 0.454 e. The van der Waals surface area contributed by atoms with Gasteiger partial charge in [-0.2, -0.15) is 5.26 Å². The Balaban J connectivity index is 2.25. The number of ether oxygens (including phenoxy) is 1. The zero-order valence-corrected chi connectivity index (χ0v) is 19.6. The predicted molar refractivity (Wildman–Crippen MR) is 123 cm³/mol. The van der Waals surface area contributed by atoms with Gasteiger partial charge >= 0.3 is 0 Å². The maximum atomic E-state index is 15.8. The molecule has 0 aromatic heterocycles. The molecule has 0 radical (unpaired) electrons. The van der Waals surface area contributed by atoms with Crippen LogP contribution in [0.3, 0.4) is 0 Å². The highest BCUT2D eigenvalue weighted by atomic mass is 32.2. The molecule has 182 valence electrons. The molecule has 0 bridgehead atoms. The fourth-order valence-corrected chi connectivity index (χ4v) is 4.35. The third-order valence-corrected chi connectivity index (χ3v) is 6.09. The Hall–Kier alpha value is -3.88. The lowest BCUT2D eigenvalue weighted by Gasteiger charge is -2.19. The van der Waals surface area contributed by atoms with Crippen LogP contribution in [0.1, 0.15) is 35.6 Å². The number of carbonyl (C=O) groups is 1. The normalized spacial score (nSPS) is 11.3. The number of aryl methyl sites for hydroxylation is 1. The van der Waals surface area contributed by atoms with Crippen molar-refractivity contribution in [1.29, 1.82) is 5.26 Å². The number of nitrogens with zero attached hydrogens (tertiary/aromatic N) is 1. The van der Waals surface area contributed by atoms with Gasteiger partial charge in [-0.15, -0.1) is 0 Å². The molecule has 35 heavy (non-hydrogen) atoms. The number of benzene rings is 3. The molecule has 0 fully saturated rings. The summed E-state index contributed by atoms with van der Waals surface area (Å²) < 4.78 is 72.4. The molecule has 1 amide bonds. The van der Waals surface area contributed by atoms with Crippen LogP contribution >= 0.6 is 0 Å². The first kappa shape index (κ1) is 25.7. The number of rotatable bonds is 6. The van der Waals surface area contributed by atoms with E-state index in [2.05, 4.69) is 5.32 Å². The van der Waals surface area contributed by atoms with E-state index in [0.29, 0.717) is 0 Å². The van der Waals surface area contributed by atoms with Crippen molar-refractivity contribution in [3.8, 4) is 28.7 Å². The van der Waals surface area contributed by atoms with Crippen molar-refractivity contribution in [3.05, 3.63) is 70.5 Å². The lowest BCUT2D eigenvalue weighted by molar-refractivity contribution is -0.114. The maximum absolute atomic E-state index is 15.8. The van der Waals surface area contributed by atoms with E-state index in [-0.39, 0.29) is 49.9 Å². The number of amides is 1. The van der Waals surface area contributed by atoms with Crippen molar-refractivity contribution in [2.75, 3.05) is 5.32 Å². The first-order valence-electron chi connectivity index (χ1n) is 10.1. The number of anilines is 1. The Labute approximate surface area is 200 Å². The van der Waals surface area contributed by atoms with E-state index >= 15 is 4.39 Å². The number of halogens is 3. The number of nitrogens with two attached hydrogens (primary N) is 1. The number of primary sulfonamides is 1. The van der Waals surface area contributed by atoms with Gasteiger partial charge in [0.2, 0.25) is 15.9 Å². The minimum atomic E-state index is -4.31. The topological polar surface area (TPSA) is 122 Å². The molecule has 7 nitrogen and oxygen atoms in total. The lowest BCUT2D eigenvalue weighted by Crippen LogP contribution is -2.16. The first-order valence-corrected chi connectivity index (χ1v) is 11.6. The highest BCUT2D eigenvalue weighted by Gasteiger charge is 2.25. The van der Waals surface area contributed by atoms with Gasteiger partial charge < -0.3 is 10.1 Å². The Morgan fingerprint density at radius 1 is 1.14 bits per heavy atom. The molecule has 0 atom stereocenters. The Bertz CT molecular complexity index is 1480. The van der Waals surface area contributed by atoms with Crippen LogP contribution in [0.15, 0.2) is 47.4 Å². The van der Waals surface area contributed by atoms with Crippen molar-refractivity contribution in [3.63, 3.8) is 0 Å². The number of hydrogen-bond donors (Lipinski definition) is 2. The van der Waals surface area contributed by atoms with Gasteiger partial charge in [-0.1, -0.05) is 12.1 Å². The highest BCUT2D eigenvalue weighted by Crippen LogP contribution is 2.41. The van der Waals surface area contributed by atoms with Crippen LogP contribution in [0.25, 0.3) is 11.1 Å². The van der Waals surface area contributed by atoms with E-state index in [9.17, 15) is 22.0 Å². The van der Waals surface area contributed by atoms with Crippen molar-refractivity contribution in [2.24, 2.45) is 5.14 Å². The summed E-state index contributed by atoms with van der Waals surface area (Å²) in [5, 5.41) is 17.0. The van der Waals surface area contributed by atoms with Gasteiger partial charge in [0, 0.05) is 29.3 Å². The van der Waals surface area contributed by atoms with Gasteiger partial charge in [0.05, 0.1) is 16.5 Å². The summed E-state index contributed by atoms with van der Waals surface area (Å²) in [7, 11) is -4.31. The molecular weight excluding hydrogens is 483 g/mol. The van der Waals surface area contributed by atoms with Crippen molar-refractivity contribution < 1.29 is 31.1 Å². The second-order valence-electron chi connectivity index (χ2n) is 7.72. The van der Waals surface area contributed by atoms with Gasteiger partial charge in [-0.25, -0.2) is 26.7 Å². The zero-order chi connectivity index (χ0) is 26.1. The highest BCUT2D eigenvalue weighted by molar-refractivity contribution is 7.89. The third kappa shape index (κ3) is 5.45. The minimum absolute atomic E-state index is 0.0971. The molecule has 0 unspecified atom stereocenters. The summed E-state index contributed by atoms with van der Waals surface area (Å²) in [6, 6.07) is 10.2. The number of hydrogen-bond acceptors (Lipinski definition) is 5. The summed E-state index contributed by atoms with van der Waals surface area (Å²) in [6.45, 7) is 4.25. The third-order valence-electron chi connectivity index (χ3n) is 5.14. The summed E-state index contributed by atoms with van der Waals surface area (Å²) >= 11 is 0. The quantitative estimate of drug-likeness (QED) is 0.472. The summed E-state index contributed by atoms with van der Waals surface area (Å²) in [4.78, 5) is 11.2. The Morgan fingerprint density at radius 2 is 1.83 bits per heavy atom. The Kier molecular flexibility index (Phi) is 7.19. The fourth-order valence-electron chi connectivity index (χ4n) is 3.54. The van der Waals surface area contributed by atoms with Crippen molar-refractivity contribution >= 4 is 21.6 Å². The van der Waals surface area contributed by atoms with Gasteiger partial charge in [-0.05, 0) is 55.3 Å². The number of alkyl halides is 2. The summed E-state index contributed by atoms with van der Waals surface area (Å²) in [5.74, 6) is -1.97. The molecule has 0 heterocycles. The van der Waals surface area contributed by atoms with Crippen LogP contribution in [0.5, 0.6) is 11.5 Å². The summed E-state index contributed by atoms with van der Waals surface area (Å²) in [6.07, 6.45) is -2.89. The molecule has 3 N–H and O–H groups in total. The summed E-state index contributed by atoms with van der Waals surface area (Å²) in [5.41, 5.74) is -0.145. The van der Waals surface area contributed by atoms with Crippen LogP contribution in [0, 0.1) is 31.0 Å². The predicted octanol–water partition coefficient (Wildman–Crippen LogP) is 5.32. The molecule has 0 aliphatic carbocycles. The minimum Gasteiger partial charge on any atom is -0.454 e. The zero-order valence-electron chi connectivity index (χ0n) is 18.8. The van der Waals surface area contributed by atoms with Crippen LogP contribution in [0.4, 0.5) is 18.9 Å². The molecule has 0 aliphatic heterocycles. The van der Waals surface area contributed by atoms with Crippen LogP contribution in [-0.4, -0.2) is 14.3 Å². The molecule has 11 heteroatoms. The van der Waals surface area contributed by atoms with E-state index in [1.54, 1.807) is 6.07 Å². The van der Waals surface area contributed by atoms with Gasteiger partial charge in [0.15, 0.2) is 11.6 Å². The first-order chi connectivity index (χ1) is 16.3. The fraction of sp³-hybridized carbons (Fsp3) is 0.167. The van der Waals surface area contributed by atoms with E-state index in [1.165, 1.54) is 45.0 Å². The molecule has 3 aromatic rings. The van der Waals surface area contributed by atoms with Crippen molar-refractivity contribution in [1.82, 2.24) is 0 Å². The number of nitriles is 1. The molecule has 3 rings (SSSR count). The smallest absolute Gasteiger partial charge is 0.264 e. The van der Waals surface area contributed by atoms with Crippen LogP contribution < -0.4 is 15.2 Å². The number of nitrogens with one attached hydrogen (secondary N) is 1. The Morgan fingerprint density at radius 3 is 2.40 bits per heavy atom. The SMILES string of the molecule is CC(=O)Nc1ccc(S(N)(=O)=O)c(-c2ccc(C)c(Oc3cc(C#N)cc(C(F)F)c3)c2F)c1C. The molecular formula is C24H20F3N3O4S. The number of sulfonamides is 1. The van der Waals surface area contributed by atoms with Crippen molar-refractivity contribution in [2.45, 2.75) is 32.1 Å². The van der Waals surface area contributed by atoms with E-state index < -0.39 is 33.7 Å². The lowest BCUT2D eigenvalue weighted by atomic mass is 9.97. The van der Waals surface area contributed by atoms with Crippen LogP contribution in [-0.2, 0) is 14.8 Å². The molecule has 0 saturated carbocycles. The van der Waals surface area contributed by atoms with E-state index in [1.807, 2.05) is 0 Å². The average molecular weight is 504 g/mol. The van der Waals surface area contributed by atoms with Crippen LogP contribution in [0.2, 0.25) is 0 Å². The molecule has 0 saturated heterocycles. The molecule has 3 aromatic carbocycles. The molecule has 0 spiro atoms. The second kappa shape index (κ2) is 9.77. The second-order valence-corrected chi connectivity index (χ2v) is 9.25. The van der Waals surface area contributed by atoms with Gasteiger partial charge in [0.25, 0.3) is 6.43 Å². The standard InChI is InChI=1S/C24H20F3N3O4S/c1-12-4-5-18(21-13(2)19(30-14(3)31)6-7-20(21)35(29,32)33)22(25)23(12)34-17-9-15(11-28)8-16(10-17)24(26)27/h4-10,24H,1-3H3,(H,30,31)(H2,29,32,33).